The highest BCUT2D eigenvalue weighted by molar-refractivity contribution is 6.30. The minimum atomic E-state index is 0.436. The summed E-state index contributed by atoms with van der Waals surface area (Å²) >= 11 is 5.84. The van der Waals surface area contributed by atoms with Crippen molar-refractivity contribution in [2.75, 3.05) is 6.61 Å². The summed E-state index contributed by atoms with van der Waals surface area (Å²) in [6.07, 6.45) is 1.79. The second-order valence-corrected chi connectivity index (χ2v) is 3.50. The minimum Gasteiger partial charge on any atom is -0.491 e. The quantitative estimate of drug-likeness (QED) is 0.698. The standard InChI is InChI=1S/C10H14ClNO/c1-4-13-9-5-8(7(2)3)6-12-10(9)11/h5-7H,4H2,1-3H3. The number of rotatable bonds is 3. The second kappa shape index (κ2) is 4.47. The third-order valence-corrected chi connectivity index (χ3v) is 2.08. The first kappa shape index (κ1) is 10.3. The molecule has 72 valence electrons. The van der Waals surface area contributed by atoms with Crippen LogP contribution in [0.1, 0.15) is 32.3 Å². The number of hydrogen-bond acceptors (Lipinski definition) is 2. The van der Waals surface area contributed by atoms with E-state index in [9.17, 15) is 0 Å². The fraction of sp³-hybridized carbons (Fsp3) is 0.500. The van der Waals surface area contributed by atoms with E-state index < -0.39 is 0 Å². The third kappa shape index (κ3) is 2.59. The van der Waals surface area contributed by atoms with Gasteiger partial charge in [-0.25, -0.2) is 4.98 Å². The Morgan fingerprint density at radius 2 is 2.23 bits per heavy atom. The highest BCUT2D eigenvalue weighted by atomic mass is 35.5. The lowest BCUT2D eigenvalue weighted by Crippen LogP contribution is -1.96. The van der Waals surface area contributed by atoms with Crippen molar-refractivity contribution in [2.45, 2.75) is 26.7 Å². The molecular weight excluding hydrogens is 186 g/mol. The molecule has 0 atom stereocenters. The van der Waals surface area contributed by atoms with E-state index in [1.54, 1.807) is 6.20 Å². The lowest BCUT2D eigenvalue weighted by atomic mass is 10.1. The maximum atomic E-state index is 5.84. The van der Waals surface area contributed by atoms with Crippen LogP contribution in [0.3, 0.4) is 0 Å². The van der Waals surface area contributed by atoms with Gasteiger partial charge in [0.1, 0.15) is 0 Å². The lowest BCUT2D eigenvalue weighted by Gasteiger charge is -2.09. The van der Waals surface area contributed by atoms with Crippen LogP contribution >= 0.6 is 11.6 Å². The van der Waals surface area contributed by atoms with Crippen LogP contribution in [0.25, 0.3) is 0 Å². The van der Waals surface area contributed by atoms with Gasteiger partial charge in [0.15, 0.2) is 10.9 Å². The molecule has 3 heteroatoms. The van der Waals surface area contributed by atoms with E-state index >= 15 is 0 Å². The van der Waals surface area contributed by atoms with E-state index in [0.29, 0.717) is 23.4 Å². The molecule has 0 fully saturated rings. The van der Waals surface area contributed by atoms with Crippen molar-refractivity contribution in [2.24, 2.45) is 0 Å². The normalized spacial score (nSPS) is 10.5. The first-order valence-corrected chi connectivity index (χ1v) is 4.81. The Balaban J connectivity index is 2.97. The molecule has 0 saturated carbocycles. The van der Waals surface area contributed by atoms with Crippen molar-refractivity contribution in [3.63, 3.8) is 0 Å². The molecule has 1 rings (SSSR count). The summed E-state index contributed by atoms with van der Waals surface area (Å²) in [5.41, 5.74) is 1.15. The summed E-state index contributed by atoms with van der Waals surface area (Å²) in [6.45, 7) is 6.77. The maximum absolute atomic E-state index is 5.84. The van der Waals surface area contributed by atoms with Crippen molar-refractivity contribution in [3.8, 4) is 5.75 Å². The Bertz CT molecular complexity index is 286. The lowest BCUT2D eigenvalue weighted by molar-refractivity contribution is 0.338. The zero-order valence-corrected chi connectivity index (χ0v) is 8.93. The average molecular weight is 200 g/mol. The van der Waals surface area contributed by atoms with Crippen LogP contribution in [0.2, 0.25) is 5.15 Å². The Hall–Kier alpha value is -0.760. The Morgan fingerprint density at radius 1 is 1.54 bits per heavy atom. The molecule has 0 aromatic carbocycles. The van der Waals surface area contributed by atoms with E-state index in [2.05, 4.69) is 18.8 Å². The van der Waals surface area contributed by atoms with Crippen LogP contribution in [0.5, 0.6) is 5.75 Å². The van der Waals surface area contributed by atoms with Crippen LogP contribution in [-0.4, -0.2) is 11.6 Å². The zero-order chi connectivity index (χ0) is 9.84. The summed E-state index contributed by atoms with van der Waals surface area (Å²) in [6, 6.07) is 1.95. The van der Waals surface area contributed by atoms with Crippen LogP contribution < -0.4 is 4.74 Å². The van der Waals surface area contributed by atoms with Gasteiger partial charge in [-0.3, -0.25) is 0 Å². The van der Waals surface area contributed by atoms with Gasteiger partial charge in [-0.1, -0.05) is 25.4 Å². The molecule has 0 N–H and O–H groups in total. The van der Waals surface area contributed by atoms with Crippen molar-refractivity contribution < 1.29 is 4.74 Å². The van der Waals surface area contributed by atoms with E-state index in [4.69, 9.17) is 16.3 Å². The highest BCUT2D eigenvalue weighted by Crippen LogP contribution is 2.25. The zero-order valence-electron chi connectivity index (χ0n) is 8.17. The molecule has 0 spiro atoms. The van der Waals surface area contributed by atoms with Crippen molar-refractivity contribution in [1.29, 1.82) is 0 Å². The number of aromatic nitrogens is 1. The van der Waals surface area contributed by atoms with Gasteiger partial charge >= 0.3 is 0 Å². The van der Waals surface area contributed by atoms with Crippen LogP contribution in [-0.2, 0) is 0 Å². The summed E-state index contributed by atoms with van der Waals surface area (Å²) in [5, 5.41) is 0.436. The van der Waals surface area contributed by atoms with E-state index in [1.165, 1.54) is 0 Å². The molecule has 0 saturated heterocycles. The number of hydrogen-bond donors (Lipinski definition) is 0. The predicted octanol–water partition coefficient (Wildman–Crippen LogP) is 3.26. The Labute approximate surface area is 83.9 Å². The van der Waals surface area contributed by atoms with Gasteiger partial charge < -0.3 is 4.74 Å². The number of nitrogens with zero attached hydrogens (tertiary/aromatic N) is 1. The molecular formula is C10H14ClNO. The van der Waals surface area contributed by atoms with Gasteiger partial charge in [0, 0.05) is 6.20 Å². The highest BCUT2D eigenvalue weighted by Gasteiger charge is 2.06. The Morgan fingerprint density at radius 3 is 2.77 bits per heavy atom. The molecule has 1 aromatic rings. The van der Waals surface area contributed by atoms with Gasteiger partial charge in [0.2, 0.25) is 0 Å². The minimum absolute atomic E-state index is 0.436. The van der Waals surface area contributed by atoms with E-state index in [1.807, 2.05) is 13.0 Å². The largest absolute Gasteiger partial charge is 0.491 e. The number of pyridine rings is 1. The molecule has 0 aliphatic heterocycles. The van der Waals surface area contributed by atoms with E-state index in [-0.39, 0.29) is 0 Å². The summed E-state index contributed by atoms with van der Waals surface area (Å²) < 4.78 is 5.33. The van der Waals surface area contributed by atoms with Gasteiger partial charge in [-0.2, -0.15) is 0 Å². The van der Waals surface area contributed by atoms with Crippen LogP contribution in [0, 0.1) is 0 Å². The van der Waals surface area contributed by atoms with Gasteiger partial charge in [0.25, 0.3) is 0 Å². The number of ether oxygens (including phenoxy) is 1. The molecule has 0 radical (unpaired) electrons. The molecule has 0 bridgehead atoms. The molecule has 0 aliphatic carbocycles. The SMILES string of the molecule is CCOc1cc(C(C)C)cnc1Cl. The molecule has 1 aromatic heterocycles. The first-order chi connectivity index (χ1) is 6.15. The molecule has 0 aliphatic rings. The molecule has 1 heterocycles. The third-order valence-electron chi connectivity index (χ3n) is 1.79. The molecule has 0 amide bonds. The van der Waals surface area contributed by atoms with Gasteiger partial charge in [0.05, 0.1) is 6.61 Å². The van der Waals surface area contributed by atoms with Crippen molar-refractivity contribution in [1.82, 2.24) is 4.98 Å². The van der Waals surface area contributed by atoms with Crippen LogP contribution in [0.4, 0.5) is 0 Å². The Kier molecular flexibility index (Phi) is 3.55. The topological polar surface area (TPSA) is 22.1 Å². The maximum Gasteiger partial charge on any atom is 0.171 e. The molecule has 13 heavy (non-hydrogen) atoms. The number of halogens is 1. The van der Waals surface area contributed by atoms with Gasteiger partial charge in [-0.15, -0.1) is 0 Å². The monoisotopic (exact) mass is 199 g/mol. The van der Waals surface area contributed by atoms with Gasteiger partial charge in [-0.05, 0) is 24.5 Å². The summed E-state index contributed by atoms with van der Waals surface area (Å²) in [7, 11) is 0. The molecule has 2 nitrogen and oxygen atoms in total. The van der Waals surface area contributed by atoms with Crippen LogP contribution in [0.15, 0.2) is 12.3 Å². The summed E-state index contributed by atoms with van der Waals surface area (Å²) in [5.74, 6) is 1.12. The fourth-order valence-electron chi connectivity index (χ4n) is 1.02. The fourth-order valence-corrected chi connectivity index (χ4v) is 1.17. The predicted molar refractivity (Wildman–Crippen MR) is 54.5 cm³/mol. The van der Waals surface area contributed by atoms with Crippen molar-refractivity contribution in [3.05, 3.63) is 23.0 Å². The smallest absolute Gasteiger partial charge is 0.171 e. The summed E-state index contributed by atoms with van der Waals surface area (Å²) in [4.78, 5) is 4.06. The molecule has 0 unspecified atom stereocenters. The van der Waals surface area contributed by atoms with Crippen molar-refractivity contribution >= 4 is 11.6 Å². The second-order valence-electron chi connectivity index (χ2n) is 3.15. The first-order valence-electron chi connectivity index (χ1n) is 4.43. The average Bonchev–Trinajstić information content (AvgIpc) is 2.08. The van der Waals surface area contributed by atoms with E-state index in [0.717, 1.165) is 5.56 Å².